The molecule has 0 unspecified atom stereocenters. The predicted molar refractivity (Wildman–Crippen MR) is 78.8 cm³/mol. The van der Waals surface area contributed by atoms with Crippen LogP contribution in [-0.2, 0) is 0 Å². The highest BCUT2D eigenvalue weighted by molar-refractivity contribution is 5.90. The number of rotatable bonds is 7. The molecule has 1 aromatic carbocycles. The SMILES string of the molecule is CCCCCCNc1ncnc2ccc([N+](=O)[O-])cc12. The fourth-order valence-corrected chi connectivity index (χ4v) is 2.06. The van der Waals surface area contributed by atoms with E-state index in [4.69, 9.17) is 0 Å². The summed E-state index contributed by atoms with van der Waals surface area (Å²) in [6.45, 7) is 2.99. The van der Waals surface area contributed by atoms with Crippen LogP contribution in [0.15, 0.2) is 24.5 Å². The molecule has 1 aromatic heterocycles. The Hall–Kier alpha value is -2.24. The van der Waals surface area contributed by atoms with Crippen molar-refractivity contribution in [3.05, 3.63) is 34.6 Å². The van der Waals surface area contributed by atoms with Crippen molar-refractivity contribution in [3.63, 3.8) is 0 Å². The van der Waals surface area contributed by atoms with E-state index in [0.29, 0.717) is 16.7 Å². The molecule has 0 saturated carbocycles. The first-order chi connectivity index (χ1) is 9.72. The van der Waals surface area contributed by atoms with Gasteiger partial charge in [-0.1, -0.05) is 26.2 Å². The number of nitro groups is 1. The lowest BCUT2D eigenvalue weighted by molar-refractivity contribution is -0.384. The summed E-state index contributed by atoms with van der Waals surface area (Å²) >= 11 is 0. The third-order valence-corrected chi connectivity index (χ3v) is 3.15. The van der Waals surface area contributed by atoms with Gasteiger partial charge in [0.2, 0.25) is 0 Å². The van der Waals surface area contributed by atoms with Crippen LogP contribution in [0.3, 0.4) is 0 Å². The molecule has 6 heteroatoms. The Morgan fingerprint density at radius 2 is 2.10 bits per heavy atom. The molecule has 0 amide bonds. The van der Waals surface area contributed by atoms with Crippen LogP contribution in [0.25, 0.3) is 10.9 Å². The molecule has 0 atom stereocenters. The summed E-state index contributed by atoms with van der Waals surface area (Å²) in [7, 11) is 0. The van der Waals surface area contributed by atoms with Gasteiger partial charge < -0.3 is 5.32 Å². The molecule has 0 aliphatic rings. The lowest BCUT2D eigenvalue weighted by Crippen LogP contribution is -2.04. The maximum Gasteiger partial charge on any atom is 0.270 e. The van der Waals surface area contributed by atoms with Crippen LogP contribution in [0.4, 0.5) is 11.5 Å². The van der Waals surface area contributed by atoms with Crippen LogP contribution >= 0.6 is 0 Å². The number of nitro benzene ring substituents is 1. The number of anilines is 1. The minimum atomic E-state index is -0.405. The predicted octanol–water partition coefficient (Wildman–Crippen LogP) is 3.53. The van der Waals surface area contributed by atoms with E-state index in [9.17, 15) is 10.1 Å². The second-order valence-electron chi connectivity index (χ2n) is 4.67. The molecular weight excluding hydrogens is 256 g/mol. The standard InChI is InChI=1S/C14H18N4O2/c1-2-3-4-5-8-15-14-12-9-11(18(19)20)6-7-13(12)16-10-17-14/h6-7,9-10H,2-5,8H2,1H3,(H,15,16,17). The zero-order valence-electron chi connectivity index (χ0n) is 11.5. The van der Waals surface area contributed by atoms with Crippen LogP contribution < -0.4 is 5.32 Å². The Morgan fingerprint density at radius 3 is 2.85 bits per heavy atom. The number of non-ortho nitro benzene ring substituents is 1. The second-order valence-corrected chi connectivity index (χ2v) is 4.67. The maximum atomic E-state index is 10.8. The molecule has 106 valence electrons. The third kappa shape index (κ3) is 3.40. The maximum absolute atomic E-state index is 10.8. The highest BCUT2D eigenvalue weighted by Gasteiger charge is 2.10. The lowest BCUT2D eigenvalue weighted by Gasteiger charge is -2.07. The van der Waals surface area contributed by atoms with E-state index < -0.39 is 4.92 Å². The minimum absolute atomic E-state index is 0.0568. The van der Waals surface area contributed by atoms with Crippen molar-refractivity contribution in [2.24, 2.45) is 0 Å². The molecule has 0 aliphatic carbocycles. The molecule has 1 heterocycles. The first kappa shape index (κ1) is 14.2. The van der Waals surface area contributed by atoms with E-state index in [1.165, 1.54) is 37.7 Å². The van der Waals surface area contributed by atoms with Gasteiger partial charge >= 0.3 is 0 Å². The molecule has 1 N–H and O–H groups in total. The Balaban J connectivity index is 2.15. The van der Waals surface area contributed by atoms with E-state index in [-0.39, 0.29) is 5.69 Å². The van der Waals surface area contributed by atoms with E-state index in [0.717, 1.165) is 13.0 Å². The van der Waals surface area contributed by atoms with Crippen LogP contribution in [0.5, 0.6) is 0 Å². The topological polar surface area (TPSA) is 81.0 Å². The number of aromatic nitrogens is 2. The summed E-state index contributed by atoms with van der Waals surface area (Å²) < 4.78 is 0. The van der Waals surface area contributed by atoms with Crippen molar-refractivity contribution in [1.29, 1.82) is 0 Å². The number of nitrogens with one attached hydrogen (secondary N) is 1. The summed E-state index contributed by atoms with van der Waals surface area (Å²) in [5.41, 5.74) is 0.767. The van der Waals surface area contributed by atoms with Crippen LogP contribution in [0, 0.1) is 10.1 Å². The Bertz CT molecular complexity index is 601. The molecule has 0 fully saturated rings. The summed E-state index contributed by atoms with van der Waals surface area (Å²) in [6, 6.07) is 4.63. The first-order valence-corrected chi connectivity index (χ1v) is 6.85. The molecular formula is C14H18N4O2. The third-order valence-electron chi connectivity index (χ3n) is 3.15. The molecule has 2 rings (SSSR count). The number of fused-ring (bicyclic) bond motifs is 1. The van der Waals surface area contributed by atoms with Crippen molar-refractivity contribution < 1.29 is 4.92 Å². The summed E-state index contributed by atoms with van der Waals surface area (Å²) in [6.07, 6.45) is 6.13. The average Bonchev–Trinajstić information content (AvgIpc) is 2.46. The Kier molecular flexibility index (Phi) is 4.81. The number of hydrogen-bond acceptors (Lipinski definition) is 5. The first-order valence-electron chi connectivity index (χ1n) is 6.85. The summed E-state index contributed by atoms with van der Waals surface area (Å²) in [5, 5.41) is 14.8. The number of benzene rings is 1. The molecule has 0 aliphatic heterocycles. The van der Waals surface area contributed by atoms with Crippen molar-refractivity contribution in [2.45, 2.75) is 32.6 Å². The molecule has 0 bridgehead atoms. The van der Waals surface area contributed by atoms with Gasteiger partial charge in [0.1, 0.15) is 12.1 Å². The van der Waals surface area contributed by atoms with Gasteiger partial charge in [-0.25, -0.2) is 9.97 Å². The average molecular weight is 274 g/mol. The molecule has 20 heavy (non-hydrogen) atoms. The van der Waals surface area contributed by atoms with E-state index >= 15 is 0 Å². The highest BCUT2D eigenvalue weighted by Crippen LogP contribution is 2.24. The van der Waals surface area contributed by atoms with Gasteiger partial charge in [0, 0.05) is 24.1 Å². The van der Waals surface area contributed by atoms with Gasteiger partial charge in [-0.15, -0.1) is 0 Å². The largest absolute Gasteiger partial charge is 0.369 e. The monoisotopic (exact) mass is 274 g/mol. The van der Waals surface area contributed by atoms with Gasteiger partial charge in [-0.05, 0) is 12.5 Å². The zero-order valence-corrected chi connectivity index (χ0v) is 11.5. The van der Waals surface area contributed by atoms with Crippen LogP contribution in [0.2, 0.25) is 0 Å². The lowest BCUT2D eigenvalue weighted by atomic mass is 10.2. The highest BCUT2D eigenvalue weighted by atomic mass is 16.6. The number of unbranched alkanes of at least 4 members (excludes halogenated alkanes) is 3. The van der Waals surface area contributed by atoms with Gasteiger partial charge in [0.05, 0.1) is 10.4 Å². The normalized spacial score (nSPS) is 10.7. The second kappa shape index (κ2) is 6.79. The van der Waals surface area contributed by atoms with E-state index in [1.807, 2.05) is 0 Å². The quantitative estimate of drug-likeness (QED) is 0.474. The molecule has 6 nitrogen and oxygen atoms in total. The molecule has 0 spiro atoms. The molecule has 2 aromatic rings. The van der Waals surface area contributed by atoms with Crippen LogP contribution in [0.1, 0.15) is 32.6 Å². The fourth-order valence-electron chi connectivity index (χ4n) is 2.06. The number of hydrogen-bond donors (Lipinski definition) is 1. The number of nitrogens with zero attached hydrogens (tertiary/aromatic N) is 3. The smallest absolute Gasteiger partial charge is 0.270 e. The molecule has 0 saturated heterocycles. The van der Waals surface area contributed by atoms with Crippen molar-refractivity contribution in [2.75, 3.05) is 11.9 Å². The van der Waals surface area contributed by atoms with E-state index in [2.05, 4.69) is 22.2 Å². The Morgan fingerprint density at radius 1 is 1.25 bits per heavy atom. The van der Waals surface area contributed by atoms with Crippen molar-refractivity contribution in [1.82, 2.24) is 9.97 Å². The zero-order chi connectivity index (χ0) is 14.4. The van der Waals surface area contributed by atoms with Crippen molar-refractivity contribution in [3.8, 4) is 0 Å². The summed E-state index contributed by atoms with van der Waals surface area (Å²) in [4.78, 5) is 18.7. The van der Waals surface area contributed by atoms with Gasteiger partial charge in [0.15, 0.2) is 0 Å². The molecule has 0 radical (unpaired) electrons. The fraction of sp³-hybridized carbons (Fsp3) is 0.429. The van der Waals surface area contributed by atoms with Gasteiger partial charge in [-0.2, -0.15) is 0 Å². The van der Waals surface area contributed by atoms with Crippen LogP contribution in [-0.4, -0.2) is 21.4 Å². The van der Waals surface area contributed by atoms with Gasteiger partial charge in [0.25, 0.3) is 5.69 Å². The van der Waals surface area contributed by atoms with Gasteiger partial charge in [-0.3, -0.25) is 10.1 Å². The Labute approximate surface area is 117 Å². The minimum Gasteiger partial charge on any atom is -0.369 e. The van der Waals surface area contributed by atoms with E-state index in [1.54, 1.807) is 6.07 Å². The summed E-state index contributed by atoms with van der Waals surface area (Å²) in [5.74, 6) is 0.662. The van der Waals surface area contributed by atoms with Crippen molar-refractivity contribution >= 4 is 22.4 Å².